The predicted octanol–water partition coefficient (Wildman–Crippen LogP) is 1.91. The minimum absolute atomic E-state index is 0.0317. The van der Waals surface area contributed by atoms with Crippen LogP contribution in [0.15, 0.2) is 29.2 Å². The van der Waals surface area contributed by atoms with Crippen molar-refractivity contribution in [2.45, 2.75) is 48.7 Å². The van der Waals surface area contributed by atoms with Crippen LogP contribution in [0.3, 0.4) is 0 Å². The van der Waals surface area contributed by atoms with Crippen molar-refractivity contribution in [1.29, 1.82) is 0 Å². The quantitative estimate of drug-likeness (QED) is 0.783. The molecule has 0 spiro atoms. The van der Waals surface area contributed by atoms with Gasteiger partial charge in [-0.05, 0) is 38.8 Å². The molecule has 2 aliphatic rings. The molecule has 4 atom stereocenters. The fourth-order valence-corrected chi connectivity index (χ4v) is 7.86. The summed E-state index contributed by atoms with van der Waals surface area (Å²) in [5.41, 5.74) is 0.944. The lowest BCUT2D eigenvalue weighted by molar-refractivity contribution is -0.0324. The zero-order valence-electron chi connectivity index (χ0n) is 13.0. The summed E-state index contributed by atoms with van der Waals surface area (Å²) in [7, 11) is -7.28. The fraction of sp³-hybridized carbons (Fsp3) is 0.600. The molecule has 0 radical (unpaired) electrons. The van der Waals surface area contributed by atoms with Crippen LogP contribution in [0.25, 0.3) is 0 Å². The molecular formula is C15H20O5S2. The number of hydrogen-bond acceptors (Lipinski definition) is 5. The van der Waals surface area contributed by atoms with Gasteiger partial charge in [0.1, 0.15) is 0 Å². The molecule has 1 saturated heterocycles. The molecule has 1 heterocycles. The van der Waals surface area contributed by atoms with E-state index >= 15 is 0 Å². The standard InChI is InChI=1S/C15H20O5S2/c1-9-5-7-11(8-6-9)22(18,19)20-13-10(2)12-14(13)21(16,17)15(12,3)4/h5-8,10,12-14H,1-4H3/t10-,12+,13-,14-/m1/s1. The van der Waals surface area contributed by atoms with Gasteiger partial charge < -0.3 is 0 Å². The van der Waals surface area contributed by atoms with Crippen LogP contribution in [0.1, 0.15) is 26.3 Å². The van der Waals surface area contributed by atoms with Gasteiger partial charge in [0, 0.05) is 5.92 Å². The molecule has 1 aromatic rings. The number of hydrogen-bond donors (Lipinski definition) is 0. The van der Waals surface area contributed by atoms with E-state index in [0.717, 1.165) is 5.56 Å². The van der Waals surface area contributed by atoms with Crippen molar-refractivity contribution >= 4 is 20.0 Å². The molecule has 0 aromatic heterocycles. The lowest BCUT2D eigenvalue weighted by Crippen LogP contribution is -2.78. The summed E-state index contributed by atoms with van der Waals surface area (Å²) in [6.07, 6.45) is -0.783. The monoisotopic (exact) mass is 344 g/mol. The van der Waals surface area contributed by atoms with Crippen LogP contribution in [0, 0.1) is 18.8 Å². The molecule has 1 aliphatic carbocycles. The number of sulfone groups is 1. The second kappa shape index (κ2) is 4.55. The van der Waals surface area contributed by atoms with Crippen LogP contribution in [0.2, 0.25) is 0 Å². The molecule has 0 unspecified atom stereocenters. The third-order valence-electron chi connectivity index (χ3n) is 5.20. The van der Waals surface area contributed by atoms with Gasteiger partial charge in [-0.1, -0.05) is 24.6 Å². The molecule has 22 heavy (non-hydrogen) atoms. The highest BCUT2D eigenvalue weighted by Gasteiger charge is 2.74. The van der Waals surface area contributed by atoms with Crippen LogP contribution in [0.4, 0.5) is 0 Å². The van der Waals surface area contributed by atoms with Gasteiger partial charge in [0.25, 0.3) is 10.1 Å². The summed E-state index contributed by atoms with van der Waals surface area (Å²) < 4.78 is 53.7. The van der Waals surface area contributed by atoms with Gasteiger partial charge >= 0.3 is 0 Å². The van der Waals surface area contributed by atoms with Crippen molar-refractivity contribution < 1.29 is 21.0 Å². The van der Waals surface area contributed by atoms with E-state index in [1.165, 1.54) is 12.1 Å². The predicted molar refractivity (Wildman–Crippen MR) is 82.7 cm³/mol. The fourth-order valence-electron chi connectivity index (χ4n) is 3.78. The van der Waals surface area contributed by atoms with Gasteiger partial charge in [-0.2, -0.15) is 8.42 Å². The van der Waals surface area contributed by atoms with Crippen molar-refractivity contribution in [3.8, 4) is 0 Å². The third-order valence-corrected chi connectivity index (χ3v) is 9.55. The molecular weight excluding hydrogens is 324 g/mol. The molecule has 3 rings (SSSR count). The van der Waals surface area contributed by atoms with Crippen LogP contribution in [0.5, 0.6) is 0 Å². The first-order valence-electron chi connectivity index (χ1n) is 7.23. The Balaban J connectivity index is 1.85. The molecule has 0 N–H and O–H groups in total. The van der Waals surface area contributed by atoms with E-state index in [4.69, 9.17) is 4.18 Å². The molecule has 7 heteroatoms. The number of fused-ring (bicyclic) bond motifs is 1. The van der Waals surface area contributed by atoms with Gasteiger partial charge in [0.2, 0.25) is 0 Å². The largest absolute Gasteiger partial charge is 0.297 e. The Bertz CT molecular complexity index is 806. The van der Waals surface area contributed by atoms with Crippen LogP contribution >= 0.6 is 0 Å². The Kier molecular flexibility index (Phi) is 3.30. The van der Waals surface area contributed by atoms with E-state index in [0.29, 0.717) is 0 Å². The van der Waals surface area contributed by atoms with E-state index in [2.05, 4.69) is 0 Å². The first kappa shape index (κ1) is 16.0. The Hall–Kier alpha value is -0.920. The van der Waals surface area contributed by atoms with E-state index in [-0.39, 0.29) is 16.7 Å². The summed E-state index contributed by atoms with van der Waals surface area (Å²) in [6, 6.07) is 6.33. The highest BCUT2D eigenvalue weighted by Crippen LogP contribution is 2.61. The first-order chi connectivity index (χ1) is 10.00. The van der Waals surface area contributed by atoms with Gasteiger partial charge in [0.05, 0.1) is 21.0 Å². The molecule has 0 amide bonds. The molecule has 1 aromatic carbocycles. The van der Waals surface area contributed by atoms with Crippen molar-refractivity contribution in [2.24, 2.45) is 11.8 Å². The van der Waals surface area contributed by atoms with Crippen LogP contribution in [-0.4, -0.2) is 32.9 Å². The second-order valence-electron chi connectivity index (χ2n) is 6.83. The minimum Gasteiger partial charge on any atom is -0.261 e. The number of benzene rings is 1. The smallest absolute Gasteiger partial charge is 0.261 e. The normalized spacial score (nSPS) is 35.1. The summed E-state index contributed by atoms with van der Waals surface area (Å²) in [5, 5.41) is -0.697. The Morgan fingerprint density at radius 1 is 1.14 bits per heavy atom. The molecule has 1 saturated carbocycles. The van der Waals surface area contributed by atoms with Crippen molar-refractivity contribution in [2.75, 3.05) is 0 Å². The highest BCUT2D eigenvalue weighted by molar-refractivity contribution is 7.95. The highest BCUT2D eigenvalue weighted by atomic mass is 32.2. The maximum absolute atomic E-state index is 12.3. The van der Waals surface area contributed by atoms with E-state index in [1.807, 2.05) is 13.8 Å². The zero-order chi connectivity index (χ0) is 16.5. The van der Waals surface area contributed by atoms with E-state index in [9.17, 15) is 16.8 Å². The van der Waals surface area contributed by atoms with Crippen molar-refractivity contribution in [1.82, 2.24) is 0 Å². The Morgan fingerprint density at radius 2 is 1.68 bits per heavy atom. The van der Waals surface area contributed by atoms with Crippen molar-refractivity contribution in [3.05, 3.63) is 29.8 Å². The average Bonchev–Trinajstić information content (AvgIpc) is 2.41. The third kappa shape index (κ3) is 1.91. The lowest BCUT2D eigenvalue weighted by Gasteiger charge is -2.64. The maximum Gasteiger partial charge on any atom is 0.297 e. The lowest BCUT2D eigenvalue weighted by atomic mass is 9.64. The minimum atomic E-state index is -3.94. The molecule has 122 valence electrons. The van der Waals surface area contributed by atoms with Crippen LogP contribution < -0.4 is 0 Å². The molecule has 0 bridgehead atoms. The first-order valence-corrected chi connectivity index (χ1v) is 10.2. The zero-order valence-corrected chi connectivity index (χ0v) is 14.6. The molecule has 1 aliphatic heterocycles. The summed E-state index contributed by atoms with van der Waals surface area (Å²) in [6.45, 7) is 7.11. The summed E-state index contributed by atoms with van der Waals surface area (Å²) in [5.74, 6) is -0.125. The molecule has 2 fully saturated rings. The average molecular weight is 344 g/mol. The second-order valence-corrected chi connectivity index (χ2v) is 11.1. The molecule has 5 nitrogen and oxygen atoms in total. The maximum atomic E-state index is 12.3. The Morgan fingerprint density at radius 3 is 2.23 bits per heavy atom. The van der Waals surface area contributed by atoms with Gasteiger partial charge in [-0.3, -0.25) is 4.18 Å². The van der Waals surface area contributed by atoms with Gasteiger partial charge in [-0.25, -0.2) is 8.42 Å². The number of rotatable bonds is 3. The van der Waals surface area contributed by atoms with E-state index in [1.54, 1.807) is 26.0 Å². The number of aryl methyl sites for hydroxylation is 1. The summed E-state index contributed by atoms with van der Waals surface area (Å²) >= 11 is 0. The summed E-state index contributed by atoms with van der Waals surface area (Å²) in [4.78, 5) is 0.0599. The van der Waals surface area contributed by atoms with E-state index < -0.39 is 36.1 Å². The van der Waals surface area contributed by atoms with Crippen molar-refractivity contribution in [3.63, 3.8) is 0 Å². The van der Waals surface area contributed by atoms with Gasteiger partial charge in [-0.15, -0.1) is 0 Å². The van der Waals surface area contributed by atoms with Crippen LogP contribution in [-0.2, 0) is 24.1 Å². The SMILES string of the molecule is Cc1ccc(S(=O)(=O)O[C@@H]2[C@H](C)[C@H]3[C@H]2S(=O)(=O)C3(C)C)cc1. The topological polar surface area (TPSA) is 77.5 Å². The van der Waals surface area contributed by atoms with Gasteiger partial charge in [0.15, 0.2) is 9.84 Å². The Labute approximate surface area is 131 Å².